The van der Waals surface area contributed by atoms with Gasteiger partial charge < -0.3 is 20.9 Å². The minimum absolute atomic E-state index is 0.329. The number of nitrogens with one attached hydrogen (secondary N) is 1. The van der Waals surface area contributed by atoms with Crippen LogP contribution in [0.25, 0.3) is 0 Å². The van der Waals surface area contributed by atoms with E-state index in [1.54, 1.807) is 13.0 Å². The summed E-state index contributed by atoms with van der Waals surface area (Å²) < 4.78 is 5.22. The number of aliphatic hydroxyl groups is 1. The van der Waals surface area contributed by atoms with Gasteiger partial charge in [-0.05, 0) is 20.3 Å². The molecule has 0 saturated heterocycles. The van der Waals surface area contributed by atoms with Gasteiger partial charge in [-0.1, -0.05) is 0 Å². The summed E-state index contributed by atoms with van der Waals surface area (Å²) in [6, 6.07) is 1.66. The Balaban J connectivity index is 2.55. The van der Waals surface area contributed by atoms with E-state index in [0.29, 0.717) is 43.6 Å². The largest absolute Gasteiger partial charge is 0.393 e. The molecule has 0 spiro atoms. The second-order valence-corrected chi connectivity index (χ2v) is 3.80. The Kier molecular flexibility index (Phi) is 5.65. The van der Waals surface area contributed by atoms with E-state index < -0.39 is 0 Å². The quantitative estimate of drug-likeness (QED) is 0.652. The van der Waals surface area contributed by atoms with E-state index >= 15 is 0 Å². The summed E-state index contributed by atoms with van der Waals surface area (Å²) in [4.78, 5) is 8.33. The molecule has 1 heterocycles. The van der Waals surface area contributed by atoms with Gasteiger partial charge >= 0.3 is 0 Å². The van der Waals surface area contributed by atoms with Gasteiger partial charge in [-0.25, -0.2) is 9.97 Å². The molecule has 0 aromatic carbocycles. The van der Waals surface area contributed by atoms with Crippen LogP contribution in [0.4, 0.5) is 11.6 Å². The lowest BCUT2D eigenvalue weighted by Crippen LogP contribution is -2.12. The fourth-order valence-electron chi connectivity index (χ4n) is 1.28. The van der Waals surface area contributed by atoms with Crippen LogP contribution in [0.15, 0.2) is 6.07 Å². The van der Waals surface area contributed by atoms with Crippen molar-refractivity contribution in [3.63, 3.8) is 0 Å². The highest BCUT2D eigenvalue weighted by Gasteiger charge is 2.03. The van der Waals surface area contributed by atoms with Crippen molar-refractivity contribution < 1.29 is 9.84 Å². The Hall–Kier alpha value is -1.40. The lowest BCUT2D eigenvalue weighted by atomic mass is 10.3. The van der Waals surface area contributed by atoms with Crippen molar-refractivity contribution in [3.8, 4) is 0 Å². The minimum Gasteiger partial charge on any atom is -0.393 e. The number of nitrogens with zero attached hydrogens (tertiary/aromatic N) is 2. The normalized spacial score (nSPS) is 12.4. The number of rotatable bonds is 7. The second-order valence-electron chi connectivity index (χ2n) is 3.80. The molecule has 0 aliphatic carbocycles. The maximum absolute atomic E-state index is 9.14. The Morgan fingerprint density at radius 3 is 2.94 bits per heavy atom. The summed E-state index contributed by atoms with van der Waals surface area (Å²) in [5.74, 6) is 1.63. The zero-order valence-electron chi connectivity index (χ0n) is 10.3. The zero-order valence-corrected chi connectivity index (χ0v) is 10.3. The number of aliphatic hydroxyl groups excluding tert-OH is 1. The molecule has 0 amide bonds. The molecule has 0 saturated carbocycles. The predicted octanol–water partition coefficient (Wildman–Crippen LogP) is 0.778. The first-order chi connectivity index (χ1) is 8.11. The number of anilines is 2. The van der Waals surface area contributed by atoms with Crippen molar-refractivity contribution in [1.82, 2.24) is 9.97 Å². The third kappa shape index (κ3) is 5.46. The van der Waals surface area contributed by atoms with E-state index in [1.165, 1.54) is 0 Å². The van der Waals surface area contributed by atoms with E-state index in [1.807, 2.05) is 6.92 Å². The molecule has 0 aliphatic rings. The van der Waals surface area contributed by atoms with Crippen LogP contribution < -0.4 is 11.1 Å². The molecule has 1 atom stereocenters. The standard InChI is InChI=1S/C11H20N4O2/c1-3-17-7-11-14-9(12)6-10(15-11)13-5-4-8(2)16/h6,8,16H,3-5,7H2,1-2H3,(H3,12,13,14,15). The number of ether oxygens (including phenoxy) is 1. The van der Waals surface area contributed by atoms with Gasteiger partial charge in [0, 0.05) is 19.2 Å². The Morgan fingerprint density at radius 2 is 2.29 bits per heavy atom. The Labute approximate surface area is 101 Å². The first-order valence-corrected chi connectivity index (χ1v) is 5.75. The maximum atomic E-state index is 9.14. The van der Waals surface area contributed by atoms with Crippen molar-refractivity contribution in [2.24, 2.45) is 0 Å². The molecule has 6 heteroatoms. The summed E-state index contributed by atoms with van der Waals surface area (Å²) in [7, 11) is 0. The smallest absolute Gasteiger partial charge is 0.158 e. The molecule has 0 fully saturated rings. The van der Waals surface area contributed by atoms with Crippen molar-refractivity contribution in [3.05, 3.63) is 11.9 Å². The molecule has 96 valence electrons. The van der Waals surface area contributed by atoms with Crippen LogP contribution in [0.3, 0.4) is 0 Å². The average molecular weight is 240 g/mol. The van der Waals surface area contributed by atoms with Crippen LogP contribution in [0, 0.1) is 0 Å². The second kappa shape index (κ2) is 7.03. The van der Waals surface area contributed by atoms with Gasteiger partial charge in [0.25, 0.3) is 0 Å². The minimum atomic E-state index is -0.329. The molecular formula is C11H20N4O2. The van der Waals surface area contributed by atoms with E-state index in [2.05, 4.69) is 15.3 Å². The van der Waals surface area contributed by atoms with Gasteiger partial charge in [-0.15, -0.1) is 0 Å². The molecule has 17 heavy (non-hydrogen) atoms. The highest BCUT2D eigenvalue weighted by Crippen LogP contribution is 2.09. The fraction of sp³-hybridized carbons (Fsp3) is 0.636. The highest BCUT2D eigenvalue weighted by molar-refractivity contribution is 5.44. The lowest BCUT2D eigenvalue weighted by molar-refractivity contribution is 0.128. The van der Waals surface area contributed by atoms with Gasteiger partial charge in [0.2, 0.25) is 0 Å². The molecule has 1 rings (SSSR count). The molecule has 4 N–H and O–H groups in total. The van der Waals surface area contributed by atoms with Crippen LogP contribution in [0.5, 0.6) is 0 Å². The van der Waals surface area contributed by atoms with Crippen LogP contribution in [0.2, 0.25) is 0 Å². The van der Waals surface area contributed by atoms with Crippen LogP contribution in [-0.4, -0.2) is 34.3 Å². The monoisotopic (exact) mass is 240 g/mol. The molecule has 1 aromatic rings. The number of aromatic nitrogens is 2. The molecule has 0 bridgehead atoms. The number of hydrogen-bond acceptors (Lipinski definition) is 6. The number of hydrogen-bond donors (Lipinski definition) is 3. The van der Waals surface area contributed by atoms with E-state index in [-0.39, 0.29) is 6.10 Å². The summed E-state index contributed by atoms with van der Waals surface area (Å²) in [5.41, 5.74) is 5.67. The van der Waals surface area contributed by atoms with Gasteiger partial charge in [-0.2, -0.15) is 0 Å². The van der Waals surface area contributed by atoms with Gasteiger partial charge in [0.1, 0.15) is 18.2 Å². The van der Waals surface area contributed by atoms with Gasteiger partial charge in [0.05, 0.1) is 6.10 Å². The lowest BCUT2D eigenvalue weighted by Gasteiger charge is -2.09. The highest BCUT2D eigenvalue weighted by atomic mass is 16.5. The van der Waals surface area contributed by atoms with Crippen LogP contribution in [-0.2, 0) is 11.3 Å². The van der Waals surface area contributed by atoms with E-state index in [4.69, 9.17) is 15.6 Å². The maximum Gasteiger partial charge on any atom is 0.158 e. The van der Waals surface area contributed by atoms with Crippen LogP contribution in [0.1, 0.15) is 26.1 Å². The molecule has 1 unspecified atom stereocenters. The van der Waals surface area contributed by atoms with E-state index in [0.717, 1.165) is 0 Å². The summed E-state index contributed by atoms with van der Waals surface area (Å²) in [6.07, 6.45) is 0.328. The van der Waals surface area contributed by atoms with Crippen molar-refractivity contribution >= 4 is 11.6 Å². The van der Waals surface area contributed by atoms with Crippen LogP contribution >= 0.6 is 0 Å². The van der Waals surface area contributed by atoms with Crippen molar-refractivity contribution in [2.75, 3.05) is 24.2 Å². The molecule has 0 aliphatic heterocycles. The summed E-state index contributed by atoms with van der Waals surface area (Å²) in [5, 5.41) is 12.2. The Bertz CT molecular complexity index is 344. The third-order valence-corrected chi connectivity index (χ3v) is 2.10. The third-order valence-electron chi connectivity index (χ3n) is 2.10. The SMILES string of the molecule is CCOCc1nc(N)cc(NCCC(C)O)n1. The van der Waals surface area contributed by atoms with Crippen molar-refractivity contribution in [1.29, 1.82) is 0 Å². The Morgan fingerprint density at radius 1 is 1.53 bits per heavy atom. The molecule has 1 aromatic heterocycles. The molecule has 6 nitrogen and oxygen atoms in total. The van der Waals surface area contributed by atoms with Gasteiger partial charge in [-0.3, -0.25) is 0 Å². The number of nitrogens with two attached hydrogens (primary N) is 1. The summed E-state index contributed by atoms with van der Waals surface area (Å²) in [6.45, 7) is 5.27. The zero-order chi connectivity index (χ0) is 12.7. The molecule has 0 radical (unpaired) electrons. The predicted molar refractivity (Wildman–Crippen MR) is 66.6 cm³/mol. The number of nitrogen functional groups attached to an aromatic ring is 1. The molecular weight excluding hydrogens is 220 g/mol. The van der Waals surface area contributed by atoms with Gasteiger partial charge in [0.15, 0.2) is 5.82 Å². The van der Waals surface area contributed by atoms with E-state index in [9.17, 15) is 0 Å². The first-order valence-electron chi connectivity index (χ1n) is 5.75. The average Bonchev–Trinajstić information content (AvgIpc) is 2.25. The summed E-state index contributed by atoms with van der Waals surface area (Å²) >= 11 is 0. The topological polar surface area (TPSA) is 93.3 Å². The van der Waals surface area contributed by atoms with Crippen molar-refractivity contribution in [2.45, 2.75) is 33.0 Å². The fourth-order valence-corrected chi connectivity index (χ4v) is 1.28. The first kappa shape index (κ1) is 13.7.